The van der Waals surface area contributed by atoms with Crippen molar-refractivity contribution < 1.29 is 23.0 Å². The molecule has 0 radical (unpaired) electrons. The molecule has 4 aromatic rings. The van der Waals surface area contributed by atoms with Crippen LogP contribution in [0.4, 0.5) is 19.7 Å². The van der Waals surface area contributed by atoms with Gasteiger partial charge in [-0.3, -0.25) is 9.88 Å². The van der Waals surface area contributed by atoms with E-state index in [2.05, 4.69) is 24.8 Å². The summed E-state index contributed by atoms with van der Waals surface area (Å²) in [6.07, 6.45) is 5.61. The van der Waals surface area contributed by atoms with Crippen LogP contribution in [0.5, 0.6) is 6.01 Å². The fourth-order valence-electron chi connectivity index (χ4n) is 6.22. The van der Waals surface area contributed by atoms with E-state index >= 15 is 4.39 Å². The number of nitrogens with two attached hydrogens (primary N) is 1. The Morgan fingerprint density at radius 2 is 1.93 bits per heavy atom. The quantitative estimate of drug-likeness (QED) is 0.336. The minimum atomic E-state index is -0.631. The molecule has 0 bridgehead atoms. The third-order valence-corrected chi connectivity index (χ3v) is 9.68. The highest BCUT2D eigenvalue weighted by Crippen LogP contribution is 2.47. The molecular formula is C29H31F2N7O3S. The van der Waals surface area contributed by atoms with E-state index in [0.717, 1.165) is 76.4 Å². The number of rotatable bonds is 7. The van der Waals surface area contributed by atoms with Gasteiger partial charge in [-0.25, -0.2) is 13.8 Å². The number of halogens is 2. The van der Waals surface area contributed by atoms with Crippen LogP contribution in [0.2, 0.25) is 0 Å². The maximum Gasteiger partial charge on any atom is 0.319 e. The van der Waals surface area contributed by atoms with Gasteiger partial charge in [0.05, 0.1) is 47.6 Å². The van der Waals surface area contributed by atoms with Gasteiger partial charge < -0.3 is 24.8 Å². The molecule has 220 valence electrons. The highest BCUT2D eigenvalue weighted by Gasteiger charge is 2.47. The number of nitrogens with zero attached hydrogens (tertiary/aromatic N) is 6. The second kappa shape index (κ2) is 10.2. The van der Waals surface area contributed by atoms with Gasteiger partial charge in [0.2, 0.25) is 0 Å². The summed E-state index contributed by atoms with van der Waals surface area (Å²) in [5.74, 6) is -0.489. The molecule has 2 saturated heterocycles. The first kappa shape index (κ1) is 26.4. The van der Waals surface area contributed by atoms with Crippen molar-refractivity contribution in [3.63, 3.8) is 0 Å². The Bertz CT molecular complexity index is 1680. The van der Waals surface area contributed by atoms with Crippen molar-refractivity contribution in [3.8, 4) is 17.3 Å². The summed E-state index contributed by atoms with van der Waals surface area (Å²) >= 11 is 1.02. The summed E-state index contributed by atoms with van der Waals surface area (Å²) in [4.78, 5) is 22.8. The van der Waals surface area contributed by atoms with Crippen LogP contribution in [0, 0.1) is 17.0 Å². The number of nitrogen functional groups attached to an aromatic ring is 1. The minimum absolute atomic E-state index is 0.0304. The maximum absolute atomic E-state index is 16.5. The molecule has 0 spiro atoms. The van der Waals surface area contributed by atoms with Crippen molar-refractivity contribution in [3.05, 3.63) is 30.0 Å². The number of fused-ring (bicyclic) bond motifs is 3. The van der Waals surface area contributed by atoms with Crippen molar-refractivity contribution in [1.29, 1.82) is 0 Å². The lowest BCUT2D eigenvalue weighted by Gasteiger charge is -2.30. The first-order valence-corrected chi connectivity index (χ1v) is 15.3. The standard InChI is InChI=1S/C29H31F2N7O3S/c30-18-3-2-16(24-25(18)42-27(32)34-24)22-21(31)23-17(13-33-22)26(38-6-1-9-40-20-12-19(20)38)36-28(35-23)41-15-29(4-5-29)14-37-7-10-39-11-8-37/h2-3,13,19-20H,1,4-12,14-15H2,(H2,32,34). The lowest BCUT2D eigenvalue weighted by molar-refractivity contribution is 0.0231. The number of hydrogen-bond acceptors (Lipinski definition) is 11. The molecule has 4 fully saturated rings. The second-order valence-electron chi connectivity index (χ2n) is 11.8. The smallest absolute Gasteiger partial charge is 0.319 e. The molecule has 8 rings (SSSR count). The summed E-state index contributed by atoms with van der Waals surface area (Å²) in [6, 6.07) is 3.09. The SMILES string of the molecule is Nc1nc2c(-c3ncc4c(N5CCCOC6CC65)nc(OCC5(CN6CCOCC6)CC5)nc4c3F)ccc(F)c2s1. The molecule has 42 heavy (non-hydrogen) atoms. The van der Waals surface area contributed by atoms with E-state index in [0.29, 0.717) is 30.0 Å². The number of ether oxygens (including phenoxy) is 3. The molecule has 13 heteroatoms. The van der Waals surface area contributed by atoms with E-state index in [1.54, 1.807) is 6.20 Å². The van der Waals surface area contributed by atoms with Gasteiger partial charge in [-0.1, -0.05) is 11.3 Å². The summed E-state index contributed by atoms with van der Waals surface area (Å²) < 4.78 is 49.0. The first-order chi connectivity index (χ1) is 20.5. The monoisotopic (exact) mass is 595 g/mol. The Morgan fingerprint density at radius 1 is 1.07 bits per heavy atom. The highest BCUT2D eigenvalue weighted by atomic mass is 32.1. The molecule has 2 saturated carbocycles. The zero-order valence-electron chi connectivity index (χ0n) is 23.0. The van der Waals surface area contributed by atoms with E-state index in [-0.39, 0.29) is 50.1 Å². The lowest BCUT2D eigenvalue weighted by atomic mass is 10.1. The van der Waals surface area contributed by atoms with Crippen LogP contribution < -0.4 is 15.4 Å². The number of thiazole rings is 1. The maximum atomic E-state index is 16.5. The van der Waals surface area contributed by atoms with Gasteiger partial charge in [0.1, 0.15) is 22.8 Å². The summed E-state index contributed by atoms with van der Waals surface area (Å²) in [5, 5.41) is 0.702. The number of benzene rings is 1. The van der Waals surface area contributed by atoms with Crippen LogP contribution in [0.3, 0.4) is 0 Å². The second-order valence-corrected chi connectivity index (χ2v) is 12.8. The van der Waals surface area contributed by atoms with E-state index in [4.69, 9.17) is 24.9 Å². The van der Waals surface area contributed by atoms with Gasteiger partial charge >= 0.3 is 6.01 Å². The Morgan fingerprint density at radius 3 is 2.76 bits per heavy atom. The molecule has 1 aromatic carbocycles. The van der Waals surface area contributed by atoms with E-state index in [9.17, 15) is 4.39 Å². The van der Waals surface area contributed by atoms with Crippen LogP contribution in [0.1, 0.15) is 25.7 Å². The van der Waals surface area contributed by atoms with Crippen LogP contribution in [0.15, 0.2) is 18.3 Å². The predicted molar refractivity (Wildman–Crippen MR) is 155 cm³/mol. The first-order valence-electron chi connectivity index (χ1n) is 14.5. The Balaban J connectivity index is 1.19. The van der Waals surface area contributed by atoms with Crippen LogP contribution in [0.25, 0.3) is 32.4 Å². The largest absolute Gasteiger partial charge is 0.463 e. The van der Waals surface area contributed by atoms with Crippen LogP contribution in [-0.4, -0.2) is 89.6 Å². The van der Waals surface area contributed by atoms with Crippen LogP contribution in [-0.2, 0) is 9.47 Å². The number of aromatic nitrogens is 4. The van der Waals surface area contributed by atoms with Crippen molar-refractivity contribution in [2.75, 3.05) is 63.2 Å². The number of anilines is 2. The topological polar surface area (TPSA) is 112 Å². The van der Waals surface area contributed by atoms with Crippen LogP contribution >= 0.6 is 11.3 Å². The summed E-state index contributed by atoms with van der Waals surface area (Å²) in [7, 11) is 0. The van der Waals surface area contributed by atoms with Gasteiger partial charge in [0.15, 0.2) is 10.9 Å². The normalized spacial score (nSPS) is 23.6. The molecule has 2 atom stereocenters. The van der Waals surface area contributed by atoms with Crippen molar-refractivity contribution in [1.82, 2.24) is 24.8 Å². The predicted octanol–water partition coefficient (Wildman–Crippen LogP) is 4.02. The van der Waals surface area contributed by atoms with Gasteiger partial charge in [-0.05, 0) is 37.8 Å². The zero-order chi connectivity index (χ0) is 28.4. The molecule has 3 aromatic heterocycles. The average molecular weight is 596 g/mol. The number of pyridine rings is 1. The van der Waals surface area contributed by atoms with Gasteiger partial charge in [0.25, 0.3) is 0 Å². The molecule has 10 nitrogen and oxygen atoms in total. The van der Waals surface area contributed by atoms with Crippen molar-refractivity contribution >= 4 is 43.4 Å². The van der Waals surface area contributed by atoms with Gasteiger partial charge in [0, 0.05) is 50.0 Å². The Hall–Kier alpha value is -3.26. The fourth-order valence-corrected chi connectivity index (χ4v) is 6.98. The minimum Gasteiger partial charge on any atom is -0.463 e. The molecule has 4 aliphatic rings. The highest BCUT2D eigenvalue weighted by molar-refractivity contribution is 7.22. The average Bonchev–Trinajstić information content (AvgIpc) is 3.90. The molecule has 0 amide bonds. The van der Waals surface area contributed by atoms with Crippen molar-refractivity contribution in [2.45, 2.75) is 37.8 Å². The third kappa shape index (κ3) is 4.72. The van der Waals surface area contributed by atoms with E-state index in [1.165, 1.54) is 12.1 Å². The lowest BCUT2D eigenvalue weighted by Crippen LogP contribution is -2.41. The molecule has 2 aliphatic heterocycles. The van der Waals surface area contributed by atoms with Gasteiger partial charge in [-0.2, -0.15) is 9.97 Å². The van der Waals surface area contributed by atoms with E-state index < -0.39 is 11.6 Å². The molecule has 2 N–H and O–H groups in total. The molecule has 2 unspecified atom stereocenters. The zero-order valence-corrected chi connectivity index (χ0v) is 23.8. The summed E-state index contributed by atoms with van der Waals surface area (Å²) in [6.45, 7) is 6.14. The molecule has 5 heterocycles. The molecule has 2 aliphatic carbocycles. The Labute approximate surface area is 244 Å². The fraction of sp³-hybridized carbons (Fsp3) is 0.517. The third-order valence-electron chi connectivity index (χ3n) is 8.79. The number of morpholine rings is 1. The van der Waals surface area contributed by atoms with E-state index in [1.807, 2.05) is 0 Å². The van der Waals surface area contributed by atoms with Crippen molar-refractivity contribution in [2.24, 2.45) is 5.41 Å². The molecular weight excluding hydrogens is 564 g/mol. The Kier molecular flexibility index (Phi) is 6.39. The van der Waals surface area contributed by atoms with Gasteiger partial charge in [-0.15, -0.1) is 0 Å². The summed E-state index contributed by atoms with van der Waals surface area (Å²) in [5.41, 5.74) is 6.70. The number of hydrogen-bond donors (Lipinski definition) is 1.